The number of fused-ring (bicyclic) bond motifs is 1. The van der Waals surface area contributed by atoms with Gasteiger partial charge >= 0.3 is 11.7 Å². The average Bonchev–Trinajstić information content (AvgIpc) is 2.84. The molecule has 1 aromatic carbocycles. The summed E-state index contributed by atoms with van der Waals surface area (Å²) in [5.74, 6) is -0.189. The first-order valence-electron chi connectivity index (χ1n) is 8.90. The van der Waals surface area contributed by atoms with Crippen molar-refractivity contribution >= 4 is 17.6 Å². The van der Waals surface area contributed by atoms with Gasteiger partial charge in [0.25, 0.3) is 0 Å². The number of ether oxygens (including phenoxy) is 1. The van der Waals surface area contributed by atoms with Crippen LogP contribution in [0, 0.1) is 11.7 Å². The van der Waals surface area contributed by atoms with E-state index in [1.54, 1.807) is 26.8 Å². The lowest BCUT2D eigenvalue weighted by molar-refractivity contribution is -0.160. The van der Waals surface area contributed by atoms with E-state index in [1.807, 2.05) is 6.92 Å². The van der Waals surface area contributed by atoms with Crippen LogP contribution in [0.15, 0.2) is 23.0 Å². The number of rotatable bonds is 3. The lowest BCUT2D eigenvalue weighted by Gasteiger charge is -2.29. The second-order valence-corrected chi connectivity index (χ2v) is 8.48. The highest BCUT2D eigenvalue weighted by molar-refractivity contribution is 6.30. The van der Waals surface area contributed by atoms with Crippen molar-refractivity contribution in [3.05, 3.63) is 50.9 Å². The number of hydrogen-bond acceptors (Lipinski definition) is 4. The van der Waals surface area contributed by atoms with Crippen LogP contribution in [0.2, 0.25) is 5.02 Å². The predicted molar refractivity (Wildman–Crippen MR) is 99.4 cm³/mol. The van der Waals surface area contributed by atoms with Crippen LogP contribution in [0.5, 0.6) is 0 Å². The van der Waals surface area contributed by atoms with E-state index in [9.17, 15) is 14.0 Å². The van der Waals surface area contributed by atoms with Crippen LogP contribution < -0.4 is 5.69 Å². The highest BCUT2D eigenvalue weighted by Gasteiger charge is 2.36. The fraction of sp³-hybridized carbons (Fsp3) is 0.526. The molecule has 2 aromatic rings. The van der Waals surface area contributed by atoms with Crippen LogP contribution in [0.3, 0.4) is 0 Å². The molecule has 2 heterocycles. The quantitative estimate of drug-likeness (QED) is 0.747. The van der Waals surface area contributed by atoms with Crippen LogP contribution in [-0.4, -0.2) is 25.9 Å². The van der Waals surface area contributed by atoms with Gasteiger partial charge in [0.05, 0.1) is 11.6 Å². The monoisotopic (exact) mass is 395 g/mol. The summed E-state index contributed by atoms with van der Waals surface area (Å²) in [4.78, 5) is 25.6. The topological polar surface area (TPSA) is 66.1 Å². The Morgan fingerprint density at radius 1 is 1.41 bits per heavy atom. The van der Waals surface area contributed by atoms with Gasteiger partial charge in [0.1, 0.15) is 23.3 Å². The second kappa shape index (κ2) is 7.11. The lowest BCUT2D eigenvalue weighted by atomic mass is 9.94. The number of hydrogen-bond donors (Lipinski definition) is 0. The molecule has 1 aliphatic rings. The molecule has 6 nitrogen and oxygen atoms in total. The highest BCUT2D eigenvalue weighted by atomic mass is 35.5. The van der Waals surface area contributed by atoms with Gasteiger partial charge in [-0.25, -0.2) is 18.7 Å². The van der Waals surface area contributed by atoms with Gasteiger partial charge < -0.3 is 4.74 Å². The number of nitrogens with zero attached hydrogens (tertiary/aromatic N) is 3. The van der Waals surface area contributed by atoms with Crippen LogP contribution in [0.25, 0.3) is 0 Å². The van der Waals surface area contributed by atoms with Gasteiger partial charge in [-0.1, -0.05) is 24.6 Å². The third-order valence-electron chi connectivity index (χ3n) is 4.40. The Kier molecular flexibility index (Phi) is 5.16. The zero-order chi connectivity index (χ0) is 19.9. The third kappa shape index (κ3) is 4.24. The summed E-state index contributed by atoms with van der Waals surface area (Å²) in [5.41, 5.74) is -0.364. The zero-order valence-corrected chi connectivity index (χ0v) is 16.6. The Morgan fingerprint density at radius 2 is 2.11 bits per heavy atom. The maximum absolute atomic E-state index is 13.3. The molecule has 0 spiro atoms. The van der Waals surface area contributed by atoms with Gasteiger partial charge in [-0.15, -0.1) is 0 Å². The molecule has 0 N–H and O–H groups in total. The number of halogens is 2. The highest BCUT2D eigenvalue weighted by Crippen LogP contribution is 2.29. The van der Waals surface area contributed by atoms with Crippen molar-refractivity contribution in [3.8, 4) is 0 Å². The normalized spacial score (nSPS) is 19.6. The minimum atomic E-state index is -0.693. The molecule has 1 aliphatic heterocycles. The van der Waals surface area contributed by atoms with Crippen molar-refractivity contribution in [2.45, 2.75) is 58.7 Å². The molecule has 0 amide bonds. The Bertz CT molecular complexity index is 929. The van der Waals surface area contributed by atoms with Crippen LogP contribution in [0.4, 0.5) is 4.39 Å². The summed E-state index contributed by atoms with van der Waals surface area (Å²) in [6.07, 6.45) is 1.13. The molecule has 0 radical (unpaired) electrons. The molecule has 0 saturated carbocycles. The third-order valence-corrected chi connectivity index (χ3v) is 4.69. The fourth-order valence-corrected chi connectivity index (χ4v) is 3.49. The van der Waals surface area contributed by atoms with E-state index in [0.29, 0.717) is 24.2 Å². The molecule has 0 bridgehead atoms. The second-order valence-electron chi connectivity index (χ2n) is 8.07. The SMILES string of the molecule is CC1Cc2nn(Cc3ccc(F)c(Cl)c3)c(=O)n2C(C(=O)OC(C)(C)C)C1. The first-order chi connectivity index (χ1) is 12.5. The van der Waals surface area contributed by atoms with E-state index >= 15 is 0 Å². The molecule has 2 unspecified atom stereocenters. The molecule has 3 rings (SSSR count). The summed E-state index contributed by atoms with van der Waals surface area (Å²) < 4.78 is 21.6. The Morgan fingerprint density at radius 3 is 2.74 bits per heavy atom. The molecule has 8 heteroatoms. The van der Waals surface area contributed by atoms with Crippen LogP contribution >= 0.6 is 11.6 Å². The van der Waals surface area contributed by atoms with E-state index in [2.05, 4.69) is 5.10 Å². The van der Waals surface area contributed by atoms with E-state index < -0.39 is 23.4 Å². The smallest absolute Gasteiger partial charge is 0.347 e. The summed E-state index contributed by atoms with van der Waals surface area (Å²) in [5, 5.41) is 4.39. The van der Waals surface area contributed by atoms with Crippen LogP contribution in [-0.2, 0) is 22.5 Å². The zero-order valence-electron chi connectivity index (χ0n) is 15.8. The summed E-state index contributed by atoms with van der Waals surface area (Å²) in [7, 11) is 0. The molecule has 2 atom stereocenters. The first-order valence-corrected chi connectivity index (χ1v) is 9.28. The Hall–Kier alpha value is -2.15. The number of aromatic nitrogens is 3. The summed E-state index contributed by atoms with van der Waals surface area (Å²) in [6.45, 7) is 7.55. The van der Waals surface area contributed by atoms with Gasteiger partial charge in [0, 0.05) is 6.42 Å². The van der Waals surface area contributed by atoms with E-state index in [-0.39, 0.29) is 23.2 Å². The molecular formula is C19H23ClFN3O3. The maximum atomic E-state index is 13.3. The minimum absolute atomic E-state index is 0.00947. The molecule has 0 saturated heterocycles. The molecular weight excluding hydrogens is 373 g/mol. The largest absolute Gasteiger partial charge is 0.458 e. The van der Waals surface area contributed by atoms with Gasteiger partial charge in [-0.05, 0) is 50.8 Å². The summed E-state index contributed by atoms with van der Waals surface area (Å²) in [6, 6.07) is 3.58. The van der Waals surface area contributed by atoms with Crippen molar-refractivity contribution in [2.24, 2.45) is 5.92 Å². The van der Waals surface area contributed by atoms with Crippen molar-refractivity contribution in [1.29, 1.82) is 0 Å². The molecule has 146 valence electrons. The number of esters is 1. The van der Waals surface area contributed by atoms with Crippen molar-refractivity contribution in [2.75, 3.05) is 0 Å². The molecule has 27 heavy (non-hydrogen) atoms. The number of carbonyl (C=O) groups is 1. The summed E-state index contributed by atoms with van der Waals surface area (Å²) >= 11 is 5.82. The van der Waals surface area contributed by atoms with Crippen molar-refractivity contribution < 1.29 is 13.9 Å². The van der Waals surface area contributed by atoms with Crippen molar-refractivity contribution in [1.82, 2.24) is 14.3 Å². The predicted octanol–water partition coefficient (Wildman–Crippen LogP) is 3.35. The lowest BCUT2D eigenvalue weighted by Crippen LogP contribution is -2.39. The number of carbonyl (C=O) groups excluding carboxylic acids is 1. The van der Waals surface area contributed by atoms with Gasteiger partial charge in [-0.2, -0.15) is 5.10 Å². The number of benzene rings is 1. The van der Waals surface area contributed by atoms with E-state index in [0.717, 1.165) is 0 Å². The first kappa shape index (κ1) is 19.6. The van der Waals surface area contributed by atoms with E-state index in [1.165, 1.54) is 21.4 Å². The van der Waals surface area contributed by atoms with Gasteiger partial charge in [-0.3, -0.25) is 4.57 Å². The maximum Gasteiger partial charge on any atom is 0.347 e. The van der Waals surface area contributed by atoms with Gasteiger partial charge in [0.2, 0.25) is 0 Å². The molecule has 0 fully saturated rings. The van der Waals surface area contributed by atoms with Crippen molar-refractivity contribution in [3.63, 3.8) is 0 Å². The molecule has 0 aliphatic carbocycles. The average molecular weight is 396 g/mol. The molecule has 1 aromatic heterocycles. The minimum Gasteiger partial charge on any atom is -0.458 e. The fourth-order valence-electron chi connectivity index (χ4n) is 3.28. The Balaban J connectivity index is 1.95. The standard InChI is InChI=1S/C19H23ClFN3O3/c1-11-7-15(17(25)27-19(2,3)4)24-16(8-11)22-23(18(24)26)10-12-5-6-14(21)13(20)9-12/h5-6,9,11,15H,7-8,10H2,1-4H3. The van der Waals surface area contributed by atoms with Gasteiger partial charge in [0.15, 0.2) is 0 Å². The van der Waals surface area contributed by atoms with Crippen LogP contribution in [0.1, 0.15) is 51.5 Å². The van der Waals surface area contributed by atoms with E-state index in [4.69, 9.17) is 16.3 Å². The Labute approximate surface area is 161 Å².